The molecule has 3 rings (SSSR count). The summed E-state index contributed by atoms with van der Waals surface area (Å²) in [5.74, 6) is -0.00742. The molecule has 2 aromatic carbocycles. The van der Waals surface area contributed by atoms with Crippen LogP contribution in [0.1, 0.15) is 11.1 Å². The van der Waals surface area contributed by atoms with Gasteiger partial charge in [-0.2, -0.15) is 0 Å². The Kier molecular flexibility index (Phi) is 5.14. The maximum atomic E-state index is 13.7. The number of aromatic amines is 1. The summed E-state index contributed by atoms with van der Waals surface area (Å²) in [7, 11) is 0. The third kappa shape index (κ3) is 4.45. The van der Waals surface area contributed by atoms with Crippen LogP contribution in [-0.4, -0.2) is 26.8 Å². The average Bonchev–Trinajstić information content (AvgIpc) is 3.01. The van der Waals surface area contributed by atoms with Crippen molar-refractivity contribution in [3.8, 4) is 11.4 Å². The fraction of sp³-hybridized carbons (Fsp3) is 0.167. The summed E-state index contributed by atoms with van der Waals surface area (Å²) < 4.78 is 13.7. The summed E-state index contributed by atoms with van der Waals surface area (Å²) in [6, 6.07) is 12.2. The Bertz CT molecular complexity index is 889. The van der Waals surface area contributed by atoms with Gasteiger partial charge in [0.05, 0.1) is 11.3 Å². The van der Waals surface area contributed by atoms with Crippen molar-refractivity contribution in [1.82, 2.24) is 15.2 Å². The molecule has 128 valence electrons. The summed E-state index contributed by atoms with van der Waals surface area (Å²) in [5, 5.41) is 9.97. The smallest absolute Gasteiger partial charge is 0.234 e. The average molecular weight is 356 g/mol. The van der Waals surface area contributed by atoms with Crippen LogP contribution in [0, 0.1) is 19.7 Å². The highest BCUT2D eigenvalue weighted by molar-refractivity contribution is 7.99. The first-order chi connectivity index (χ1) is 12.0. The van der Waals surface area contributed by atoms with Crippen LogP contribution in [0.2, 0.25) is 0 Å². The van der Waals surface area contributed by atoms with E-state index in [1.165, 1.54) is 17.8 Å². The van der Waals surface area contributed by atoms with E-state index in [1.54, 1.807) is 18.2 Å². The number of H-pyrrole nitrogens is 1. The summed E-state index contributed by atoms with van der Waals surface area (Å²) in [6.07, 6.45) is 0. The van der Waals surface area contributed by atoms with Crippen molar-refractivity contribution in [3.05, 3.63) is 59.4 Å². The second kappa shape index (κ2) is 7.48. The SMILES string of the molecule is Cc1cc(C)cc(NC(=O)CSc2n[nH]c(-c3ccccc3F)n2)c1. The van der Waals surface area contributed by atoms with Gasteiger partial charge in [-0.1, -0.05) is 30.0 Å². The molecule has 5 nitrogen and oxygen atoms in total. The number of nitrogens with one attached hydrogen (secondary N) is 2. The van der Waals surface area contributed by atoms with Crippen LogP contribution >= 0.6 is 11.8 Å². The van der Waals surface area contributed by atoms with Crippen LogP contribution in [0.4, 0.5) is 10.1 Å². The van der Waals surface area contributed by atoms with Crippen LogP contribution in [0.25, 0.3) is 11.4 Å². The van der Waals surface area contributed by atoms with E-state index < -0.39 is 0 Å². The van der Waals surface area contributed by atoms with E-state index in [4.69, 9.17) is 0 Å². The molecule has 1 amide bonds. The number of aromatic nitrogens is 3. The number of benzene rings is 2. The zero-order chi connectivity index (χ0) is 17.8. The van der Waals surface area contributed by atoms with Crippen LogP contribution < -0.4 is 5.32 Å². The van der Waals surface area contributed by atoms with Crippen LogP contribution in [0.5, 0.6) is 0 Å². The van der Waals surface area contributed by atoms with E-state index in [1.807, 2.05) is 32.0 Å². The molecule has 0 atom stereocenters. The fourth-order valence-electron chi connectivity index (χ4n) is 2.46. The zero-order valence-electron chi connectivity index (χ0n) is 13.8. The van der Waals surface area contributed by atoms with Crippen molar-refractivity contribution in [1.29, 1.82) is 0 Å². The van der Waals surface area contributed by atoms with E-state index in [0.717, 1.165) is 16.8 Å². The highest BCUT2D eigenvalue weighted by Crippen LogP contribution is 2.22. The van der Waals surface area contributed by atoms with Gasteiger partial charge in [-0.25, -0.2) is 9.37 Å². The Morgan fingerprint density at radius 3 is 2.64 bits per heavy atom. The largest absolute Gasteiger partial charge is 0.325 e. The van der Waals surface area contributed by atoms with Crippen molar-refractivity contribution in [2.45, 2.75) is 19.0 Å². The maximum Gasteiger partial charge on any atom is 0.234 e. The monoisotopic (exact) mass is 356 g/mol. The van der Waals surface area contributed by atoms with E-state index in [0.29, 0.717) is 16.5 Å². The quantitative estimate of drug-likeness (QED) is 0.679. The molecule has 1 heterocycles. The Morgan fingerprint density at radius 2 is 1.92 bits per heavy atom. The Hall–Kier alpha value is -2.67. The molecule has 7 heteroatoms. The number of halogens is 1. The van der Waals surface area contributed by atoms with Crippen LogP contribution in [0.15, 0.2) is 47.6 Å². The number of anilines is 1. The number of amides is 1. The van der Waals surface area contributed by atoms with E-state index in [-0.39, 0.29) is 17.5 Å². The lowest BCUT2D eigenvalue weighted by Gasteiger charge is -2.06. The Balaban J connectivity index is 1.60. The van der Waals surface area contributed by atoms with Gasteiger partial charge < -0.3 is 5.32 Å². The van der Waals surface area contributed by atoms with Crippen molar-refractivity contribution >= 4 is 23.4 Å². The minimum absolute atomic E-state index is 0.146. The van der Waals surface area contributed by atoms with Gasteiger partial charge in [0.25, 0.3) is 0 Å². The Labute approximate surface area is 149 Å². The lowest BCUT2D eigenvalue weighted by Crippen LogP contribution is -2.14. The predicted octanol–water partition coefficient (Wildman–Crippen LogP) is 3.96. The number of rotatable bonds is 5. The number of nitrogens with zero attached hydrogens (tertiary/aromatic N) is 2. The minimum atomic E-state index is -0.372. The molecule has 0 saturated heterocycles. The van der Waals surface area contributed by atoms with Crippen molar-refractivity contribution in [2.75, 3.05) is 11.1 Å². The molecule has 1 aromatic heterocycles. The molecule has 0 bridgehead atoms. The van der Waals surface area contributed by atoms with E-state index >= 15 is 0 Å². The lowest BCUT2D eigenvalue weighted by molar-refractivity contribution is -0.113. The molecule has 0 aliphatic heterocycles. The van der Waals surface area contributed by atoms with Crippen molar-refractivity contribution in [3.63, 3.8) is 0 Å². The number of aryl methyl sites for hydroxylation is 2. The second-order valence-corrected chi connectivity index (χ2v) is 6.60. The number of carbonyl (C=O) groups is 1. The molecule has 3 aromatic rings. The first kappa shape index (κ1) is 17.2. The summed E-state index contributed by atoms with van der Waals surface area (Å²) in [5.41, 5.74) is 3.30. The van der Waals surface area contributed by atoms with Gasteiger partial charge in [-0.3, -0.25) is 9.89 Å². The summed E-state index contributed by atoms with van der Waals surface area (Å²) in [6.45, 7) is 3.96. The number of hydrogen-bond donors (Lipinski definition) is 2. The lowest BCUT2D eigenvalue weighted by atomic mass is 10.1. The van der Waals surface area contributed by atoms with Crippen LogP contribution in [0.3, 0.4) is 0 Å². The summed E-state index contributed by atoms with van der Waals surface area (Å²) in [4.78, 5) is 16.3. The number of hydrogen-bond acceptors (Lipinski definition) is 4. The van der Waals surface area contributed by atoms with Gasteiger partial charge in [-0.15, -0.1) is 5.10 Å². The molecule has 0 saturated carbocycles. The van der Waals surface area contributed by atoms with Crippen molar-refractivity contribution < 1.29 is 9.18 Å². The standard InChI is InChI=1S/C18H17FN4OS/c1-11-7-12(2)9-13(8-11)20-16(24)10-25-18-21-17(22-23-18)14-5-3-4-6-15(14)19/h3-9H,10H2,1-2H3,(H,20,24)(H,21,22,23). The topological polar surface area (TPSA) is 70.7 Å². The van der Waals surface area contributed by atoms with Gasteiger partial charge in [-0.05, 0) is 49.2 Å². The third-order valence-electron chi connectivity index (χ3n) is 3.43. The van der Waals surface area contributed by atoms with Gasteiger partial charge in [0.2, 0.25) is 11.1 Å². The molecule has 0 radical (unpaired) electrons. The molecule has 0 aliphatic carbocycles. The minimum Gasteiger partial charge on any atom is -0.325 e. The molecule has 0 aliphatic rings. The normalized spacial score (nSPS) is 10.7. The van der Waals surface area contributed by atoms with E-state index in [9.17, 15) is 9.18 Å². The summed E-state index contributed by atoms with van der Waals surface area (Å²) >= 11 is 1.19. The Morgan fingerprint density at radius 1 is 1.20 bits per heavy atom. The molecular weight excluding hydrogens is 339 g/mol. The molecule has 2 N–H and O–H groups in total. The zero-order valence-corrected chi connectivity index (χ0v) is 14.7. The first-order valence-corrected chi connectivity index (χ1v) is 8.68. The molecule has 0 fully saturated rings. The predicted molar refractivity (Wildman–Crippen MR) is 97.0 cm³/mol. The van der Waals surface area contributed by atoms with Crippen molar-refractivity contribution in [2.24, 2.45) is 0 Å². The first-order valence-electron chi connectivity index (χ1n) is 7.69. The second-order valence-electron chi connectivity index (χ2n) is 5.66. The molecule has 25 heavy (non-hydrogen) atoms. The highest BCUT2D eigenvalue weighted by Gasteiger charge is 2.12. The van der Waals surface area contributed by atoms with Gasteiger partial charge in [0.15, 0.2) is 5.82 Å². The van der Waals surface area contributed by atoms with Crippen LogP contribution in [-0.2, 0) is 4.79 Å². The number of thioether (sulfide) groups is 1. The molecular formula is C18H17FN4OS. The highest BCUT2D eigenvalue weighted by atomic mass is 32.2. The molecule has 0 unspecified atom stereocenters. The molecule has 0 spiro atoms. The van der Waals surface area contributed by atoms with Gasteiger partial charge in [0.1, 0.15) is 5.82 Å². The maximum absolute atomic E-state index is 13.7. The van der Waals surface area contributed by atoms with Gasteiger partial charge in [0, 0.05) is 5.69 Å². The third-order valence-corrected chi connectivity index (χ3v) is 4.28. The fourth-order valence-corrected chi connectivity index (χ4v) is 3.06. The number of carbonyl (C=O) groups excluding carboxylic acids is 1. The van der Waals surface area contributed by atoms with E-state index in [2.05, 4.69) is 20.5 Å². The van der Waals surface area contributed by atoms with Gasteiger partial charge >= 0.3 is 0 Å².